The van der Waals surface area contributed by atoms with Crippen LogP contribution in [0, 0.1) is 6.92 Å². The summed E-state index contributed by atoms with van der Waals surface area (Å²) in [5, 5.41) is 0. The van der Waals surface area contributed by atoms with E-state index in [0.29, 0.717) is 25.4 Å². The molecule has 3 heterocycles. The van der Waals surface area contributed by atoms with Crippen LogP contribution in [-0.2, 0) is 17.8 Å². The maximum atomic E-state index is 13.6. The van der Waals surface area contributed by atoms with Gasteiger partial charge in [-0.2, -0.15) is 4.98 Å². The molecule has 5 rings (SSSR count). The highest BCUT2D eigenvalue weighted by molar-refractivity contribution is 5.84. The molecule has 1 amide bonds. The Labute approximate surface area is 201 Å². The van der Waals surface area contributed by atoms with Gasteiger partial charge in [0.15, 0.2) is 0 Å². The fourth-order valence-corrected chi connectivity index (χ4v) is 4.88. The summed E-state index contributed by atoms with van der Waals surface area (Å²) in [6, 6.07) is 18.1. The van der Waals surface area contributed by atoms with E-state index in [1.807, 2.05) is 59.5 Å². The summed E-state index contributed by atoms with van der Waals surface area (Å²) in [5.74, 6) is 2.08. The number of hydrogen-bond donors (Lipinski definition) is 0. The molecular formula is C28H32N4O2. The SMILES string of the molecule is CCC(C(=O)N1CCc2nc(N3CCCC3)nc(Oc3ccc(C)cc3)c2C1)c1ccccc1. The van der Waals surface area contributed by atoms with Crippen molar-refractivity contribution in [2.75, 3.05) is 24.5 Å². The first-order valence-corrected chi connectivity index (χ1v) is 12.4. The second kappa shape index (κ2) is 9.84. The van der Waals surface area contributed by atoms with Crippen molar-refractivity contribution in [1.82, 2.24) is 14.9 Å². The fraction of sp³-hybridized carbons (Fsp3) is 0.393. The summed E-state index contributed by atoms with van der Waals surface area (Å²) in [4.78, 5) is 27.5. The van der Waals surface area contributed by atoms with Gasteiger partial charge >= 0.3 is 0 Å². The average molecular weight is 457 g/mol. The van der Waals surface area contributed by atoms with Gasteiger partial charge < -0.3 is 14.5 Å². The Bertz CT molecular complexity index is 1140. The van der Waals surface area contributed by atoms with Crippen molar-refractivity contribution in [3.05, 3.63) is 77.0 Å². The second-order valence-corrected chi connectivity index (χ2v) is 9.24. The minimum Gasteiger partial charge on any atom is -0.438 e. The van der Waals surface area contributed by atoms with Crippen LogP contribution in [0.15, 0.2) is 54.6 Å². The number of carbonyl (C=O) groups is 1. The minimum atomic E-state index is -0.144. The number of nitrogens with zero attached hydrogens (tertiary/aromatic N) is 4. The number of carbonyl (C=O) groups excluding carboxylic acids is 1. The zero-order valence-electron chi connectivity index (χ0n) is 20.0. The monoisotopic (exact) mass is 456 g/mol. The van der Waals surface area contributed by atoms with Gasteiger partial charge in [-0.3, -0.25) is 4.79 Å². The first-order valence-electron chi connectivity index (χ1n) is 12.4. The number of aromatic nitrogens is 2. The molecule has 6 nitrogen and oxygen atoms in total. The Morgan fingerprint density at radius 2 is 1.74 bits per heavy atom. The normalized spacial score (nSPS) is 16.3. The minimum absolute atomic E-state index is 0.144. The Morgan fingerprint density at radius 3 is 2.44 bits per heavy atom. The third-order valence-corrected chi connectivity index (χ3v) is 6.85. The van der Waals surface area contributed by atoms with Crippen molar-refractivity contribution in [2.24, 2.45) is 0 Å². The fourth-order valence-electron chi connectivity index (χ4n) is 4.88. The van der Waals surface area contributed by atoms with Gasteiger partial charge in [-0.25, -0.2) is 4.98 Å². The van der Waals surface area contributed by atoms with Crippen LogP contribution in [0.4, 0.5) is 5.95 Å². The van der Waals surface area contributed by atoms with Crippen LogP contribution in [0.25, 0.3) is 0 Å². The van der Waals surface area contributed by atoms with E-state index in [9.17, 15) is 4.79 Å². The molecule has 6 heteroatoms. The quantitative estimate of drug-likeness (QED) is 0.507. The second-order valence-electron chi connectivity index (χ2n) is 9.24. The van der Waals surface area contributed by atoms with Crippen LogP contribution in [-0.4, -0.2) is 40.4 Å². The predicted octanol–water partition coefficient (Wildman–Crippen LogP) is 5.26. The molecule has 1 saturated heterocycles. The summed E-state index contributed by atoms with van der Waals surface area (Å²) in [5.41, 5.74) is 4.16. The molecule has 2 aliphatic heterocycles. The lowest BCUT2D eigenvalue weighted by atomic mass is 9.94. The molecule has 34 heavy (non-hydrogen) atoms. The van der Waals surface area contributed by atoms with Crippen LogP contribution in [0.5, 0.6) is 11.6 Å². The lowest BCUT2D eigenvalue weighted by Crippen LogP contribution is -2.39. The third kappa shape index (κ3) is 4.63. The molecule has 0 aliphatic carbocycles. The number of hydrogen-bond acceptors (Lipinski definition) is 5. The molecule has 1 fully saturated rings. The van der Waals surface area contributed by atoms with E-state index in [-0.39, 0.29) is 11.8 Å². The number of ether oxygens (including phenoxy) is 1. The van der Waals surface area contributed by atoms with Gasteiger partial charge in [-0.15, -0.1) is 0 Å². The standard InChI is InChI=1S/C28H32N4O2/c1-3-23(21-9-5-4-6-10-21)27(33)32-18-15-25-24(19-32)26(34-22-13-11-20(2)12-14-22)30-28(29-25)31-16-7-8-17-31/h4-6,9-14,23H,3,7-8,15-19H2,1-2H3. The van der Waals surface area contributed by atoms with Crippen molar-refractivity contribution in [3.63, 3.8) is 0 Å². The van der Waals surface area contributed by atoms with Crippen molar-refractivity contribution in [3.8, 4) is 11.6 Å². The molecule has 0 saturated carbocycles. The highest BCUT2D eigenvalue weighted by atomic mass is 16.5. The van der Waals surface area contributed by atoms with Crippen molar-refractivity contribution in [1.29, 1.82) is 0 Å². The number of amides is 1. The summed E-state index contributed by atoms with van der Waals surface area (Å²) in [6.45, 7) is 7.22. The van der Waals surface area contributed by atoms with E-state index in [2.05, 4.69) is 18.7 Å². The highest BCUT2D eigenvalue weighted by Gasteiger charge is 2.31. The molecule has 0 N–H and O–H groups in total. The summed E-state index contributed by atoms with van der Waals surface area (Å²) in [6.07, 6.45) is 3.80. The van der Waals surface area contributed by atoms with Crippen LogP contribution in [0.2, 0.25) is 0 Å². The topological polar surface area (TPSA) is 58.6 Å². The summed E-state index contributed by atoms with van der Waals surface area (Å²) < 4.78 is 6.32. The Kier molecular flexibility index (Phi) is 6.48. The van der Waals surface area contributed by atoms with Crippen molar-refractivity contribution in [2.45, 2.75) is 52.0 Å². The van der Waals surface area contributed by atoms with E-state index >= 15 is 0 Å². The van der Waals surface area contributed by atoms with Crippen LogP contribution < -0.4 is 9.64 Å². The molecule has 0 bridgehead atoms. The van der Waals surface area contributed by atoms with Crippen molar-refractivity contribution < 1.29 is 9.53 Å². The molecule has 0 radical (unpaired) electrons. The van der Waals surface area contributed by atoms with Gasteiger partial charge in [0.05, 0.1) is 23.7 Å². The zero-order chi connectivity index (χ0) is 23.5. The smallest absolute Gasteiger partial charge is 0.230 e. The molecule has 1 atom stereocenters. The maximum absolute atomic E-state index is 13.6. The van der Waals surface area contributed by atoms with Crippen molar-refractivity contribution >= 4 is 11.9 Å². The Balaban J connectivity index is 1.46. The van der Waals surface area contributed by atoms with E-state index in [1.165, 1.54) is 5.56 Å². The van der Waals surface area contributed by atoms with E-state index in [1.54, 1.807) is 0 Å². The zero-order valence-corrected chi connectivity index (χ0v) is 20.0. The molecule has 2 aliphatic rings. The van der Waals surface area contributed by atoms with Crippen LogP contribution >= 0.6 is 0 Å². The molecular weight excluding hydrogens is 424 g/mol. The van der Waals surface area contributed by atoms with Gasteiger partial charge in [0.25, 0.3) is 0 Å². The molecule has 1 aromatic heterocycles. The van der Waals surface area contributed by atoms with Gasteiger partial charge in [-0.1, -0.05) is 55.0 Å². The number of anilines is 1. The molecule has 3 aromatic rings. The lowest BCUT2D eigenvalue weighted by molar-refractivity contribution is -0.133. The van der Waals surface area contributed by atoms with Gasteiger partial charge in [-0.05, 0) is 43.9 Å². The van der Waals surface area contributed by atoms with E-state index in [0.717, 1.165) is 60.9 Å². The number of aryl methyl sites for hydroxylation is 1. The average Bonchev–Trinajstić information content (AvgIpc) is 3.41. The first-order chi connectivity index (χ1) is 16.6. The van der Waals surface area contributed by atoms with Gasteiger partial charge in [0.2, 0.25) is 17.7 Å². The van der Waals surface area contributed by atoms with E-state index < -0.39 is 0 Å². The summed E-state index contributed by atoms with van der Waals surface area (Å²) >= 11 is 0. The van der Waals surface area contributed by atoms with Crippen LogP contribution in [0.3, 0.4) is 0 Å². The molecule has 176 valence electrons. The van der Waals surface area contributed by atoms with Gasteiger partial charge in [0, 0.05) is 26.1 Å². The first kappa shape index (κ1) is 22.4. The predicted molar refractivity (Wildman–Crippen MR) is 133 cm³/mol. The highest BCUT2D eigenvalue weighted by Crippen LogP contribution is 2.34. The number of benzene rings is 2. The van der Waals surface area contributed by atoms with Gasteiger partial charge in [0.1, 0.15) is 5.75 Å². The third-order valence-electron chi connectivity index (χ3n) is 6.85. The summed E-state index contributed by atoms with van der Waals surface area (Å²) in [7, 11) is 0. The molecule has 2 aromatic carbocycles. The van der Waals surface area contributed by atoms with E-state index in [4.69, 9.17) is 14.7 Å². The maximum Gasteiger partial charge on any atom is 0.230 e. The lowest BCUT2D eigenvalue weighted by Gasteiger charge is -2.32. The number of fused-ring (bicyclic) bond motifs is 1. The Hall–Kier alpha value is -3.41. The van der Waals surface area contributed by atoms with Crippen LogP contribution in [0.1, 0.15) is 54.5 Å². The molecule has 1 unspecified atom stereocenters. The number of rotatable bonds is 6. The Morgan fingerprint density at radius 1 is 1.00 bits per heavy atom. The molecule has 0 spiro atoms. The largest absolute Gasteiger partial charge is 0.438 e.